The van der Waals surface area contributed by atoms with Crippen molar-refractivity contribution in [3.63, 3.8) is 0 Å². The molecule has 2 rings (SSSR count). The molecule has 0 saturated heterocycles. The van der Waals surface area contributed by atoms with Crippen molar-refractivity contribution in [1.29, 1.82) is 0 Å². The molecule has 0 aliphatic rings. The molecular weight excluding hydrogens is 374 g/mol. The molecule has 0 aromatic heterocycles. The highest BCUT2D eigenvalue weighted by Crippen LogP contribution is 2.16. The van der Waals surface area contributed by atoms with Crippen LogP contribution < -0.4 is 10.1 Å². The Bertz CT molecular complexity index is 631. The van der Waals surface area contributed by atoms with E-state index < -0.39 is 0 Å². The minimum absolute atomic E-state index is 0.0457. The summed E-state index contributed by atoms with van der Waals surface area (Å²) in [5.41, 5.74) is 2.66. The Morgan fingerprint density at radius 1 is 1.17 bits per heavy atom. The zero-order chi connectivity index (χ0) is 16.5. The van der Waals surface area contributed by atoms with Gasteiger partial charge >= 0.3 is 0 Å². The van der Waals surface area contributed by atoms with Crippen molar-refractivity contribution in [3.05, 3.63) is 64.1 Å². The molecule has 0 heterocycles. The summed E-state index contributed by atoms with van der Waals surface area (Å²) in [5, 5.41) is 2.87. The van der Waals surface area contributed by atoms with E-state index in [1.165, 1.54) is 11.1 Å². The minimum atomic E-state index is -0.0931. The average Bonchev–Trinajstić information content (AvgIpc) is 2.55. The molecule has 0 unspecified atom stereocenters. The molecule has 0 aliphatic carbocycles. The number of hydrogen-bond donors (Lipinski definition) is 1. The molecule has 1 amide bonds. The standard InChI is InChI=1S/C18H20BrNO2S/c1-14-4-2-3-5-15(14)13-23-11-10-20-18(21)12-22-17-8-6-16(19)7-9-17/h2-9H,10-13H2,1H3,(H,20,21). The van der Waals surface area contributed by atoms with E-state index in [0.717, 1.165) is 16.0 Å². The van der Waals surface area contributed by atoms with Gasteiger partial charge in [0, 0.05) is 22.5 Å². The van der Waals surface area contributed by atoms with E-state index in [9.17, 15) is 4.79 Å². The zero-order valence-electron chi connectivity index (χ0n) is 13.0. The minimum Gasteiger partial charge on any atom is -0.484 e. The van der Waals surface area contributed by atoms with Crippen molar-refractivity contribution in [3.8, 4) is 5.75 Å². The second kappa shape index (κ2) is 9.63. The summed E-state index contributed by atoms with van der Waals surface area (Å²) >= 11 is 5.18. The molecule has 3 nitrogen and oxygen atoms in total. The highest BCUT2D eigenvalue weighted by molar-refractivity contribution is 9.10. The van der Waals surface area contributed by atoms with Crippen LogP contribution in [0.1, 0.15) is 11.1 Å². The summed E-state index contributed by atoms with van der Waals surface area (Å²) in [5.74, 6) is 2.46. The topological polar surface area (TPSA) is 38.3 Å². The molecule has 0 radical (unpaired) electrons. The van der Waals surface area contributed by atoms with Gasteiger partial charge in [-0.05, 0) is 42.3 Å². The number of ether oxygens (including phenoxy) is 1. The van der Waals surface area contributed by atoms with E-state index in [0.29, 0.717) is 12.3 Å². The van der Waals surface area contributed by atoms with E-state index >= 15 is 0 Å². The molecule has 0 bridgehead atoms. The van der Waals surface area contributed by atoms with Crippen LogP contribution in [0.4, 0.5) is 0 Å². The van der Waals surface area contributed by atoms with Crippen LogP contribution in [0.15, 0.2) is 53.0 Å². The Hall–Kier alpha value is -1.46. The number of nitrogens with one attached hydrogen (secondary N) is 1. The fourth-order valence-corrected chi connectivity index (χ4v) is 3.15. The molecule has 23 heavy (non-hydrogen) atoms. The van der Waals surface area contributed by atoms with E-state index in [-0.39, 0.29) is 12.5 Å². The van der Waals surface area contributed by atoms with Gasteiger partial charge in [0.05, 0.1) is 0 Å². The number of carbonyl (C=O) groups excluding carboxylic acids is 1. The maximum Gasteiger partial charge on any atom is 0.257 e. The van der Waals surface area contributed by atoms with Crippen molar-refractivity contribution in [1.82, 2.24) is 5.32 Å². The van der Waals surface area contributed by atoms with Crippen LogP contribution in [-0.2, 0) is 10.5 Å². The first-order chi connectivity index (χ1) is 11.1. The van der Waals surface area contributed by atoms with Gasteiger partial charge in [-0.2, -0.15) is 11.8 Å². The van der Waals surface area contributed by atoms with Crippen molar-refractivity contribution < 1.29 is 9.53 Å². The summed E-state index contributed by atoms with van der Waals surface area (Å²) in [6, 6.07) is 15.8. The van der Waals surface area contributed by atoms with Crippen LogP contribution in [-0.4, -0.2) is 24.8 Å². The number of hydrogen-bond acceptors (Lipinski definition) is 3. The Kier molecular flexibility index (Phi) is 7.49. The summed E-state index contributed by atoms with van der Waals surface area (Å²) in [6.45, 7) is 2.82. The number of halogens is 1. The fourth-order valence-electron chi connectivity index (χ4n) is 1.95. The van der Waals surface area contributed by atoms with Crippen LogP contribution in [0.5, 0.6) is 5.75 Å². The van der Waals surface area contributed by atoms with E-state index in [1.54, 1.807) is 0 Å². The van der Waals surface area contributed by atoms with Crippen molar-refractivity contribution in [2.24, 2.45) is 0 Å². The third kappa shape index (κ3) is 6.67. The number of carbonyl (C=O) groups is 1. The third-order valence-corrected chi connectivity index (χ3v) is 4.81. The summed E-state index contributed by atoms with van der Waals surface area (Å²) < 4.78 is 6.41. The molecule has 0 aliphatic heterocycles. The predicted octanol–water partition coefficient (Wildman–Crippen LogP) is 4.19. The number of rotatable bonds is 8. The van der Waals surface area contributed by atoms with Gasteiger partial charge in [0.1, 0.15) is 5.75 Å². The highest BCUT2D eigenvalue weighted by Gasteiger charge is 2.03. The smallest absolute Gasteiger partial charge is 0.257 e. The number of aryl methyl sites for hydroxylation is 1. The van der Waals surface area contributed by atoms with Crippen LogP contribution in [0.2, 0.25) is 0 Å². The van der Waals surface area contributed by atoms with E-state index in [2.05, 4.69) is 52.4 Å². The Morgan fingerprint density at radius 2 is 1.91 bits per heavy atom. The quantitative estimate of drug-likeness (QED) is 0.683. The largest absolute Gasteiger partial charge is 0.484 e. The van der Waals surface area contributed by atoms with Crippen LogP contribution >= 0.6 is 27.7 Å². The van der Waals surface area contributed by atoms with Gasteiger partial charge < -0.3 is 10.1 Å². The van der Waals surface area contributed by atoms with Crippen LogP contribution in [0.25, 0.3) is 0 Å². The van der Waals surface area contributed by atoms with E-state index in [4.69, 9.17) is 4.74 Å². The predicted molar refractivity (Wildman–Crippen MR) is 100.0 cm³/mol. The Labute approximate surface area is 149 Å². The lowest BCUT2D eigenvalue weighted by atomic mass is 10.1. The first-order valence-electron chi connectivity index (χ1n) is 7.42. The molecule has 122 valence electrons. The second-order valence-electron chi connectivity index (χ2n) is 5.07. The number of amides is 1. The molecular formula is C18H20BrNO2S. The molecule has 0 fully saturated rings. The van der Waals surface area contributed by atoms with Gasteiger partial charge in [0.25, 0.3) is 5.91 Å². The molecule has 0 saturated carbocycles. The van der Waals surface area contributed by atoms with E-state index in [1.807, 2.05) is 36.0 Å². The number of thioether (sulfide) groups is 1. The summed E-state index contributed by atoms with van der Waals surface area (Å²) in [7, 11) is 0. The maximum absolute atomic E-state index is 11.7. The van der Waals surface area contributed by atoms with Gasteiger partial charge in [0.15, 0.2) is 6.61 Å². The summed E-state index contributed by atoms with van der Waals surface area (Å²) in [4.78, 5) is 11.7. The van der Waals surface area contributed by atoms with Gasteiger partial charge in [-0.15, -0.1) is 0 Å². The lowest BCUT2D eigenvalue weighted by Gasteiger charge is -2.08. The van der Waals surface area contributed by atoms with Gasteiger partial charge in [-0.3, -0.25) is 4.79 Å². The Morgan fingerprint density at radius 3 is 2.65 bits per heavy atom. The molecule has 2 aromatic carbocycles. The monoisotopic (exact) mass is 393 g/mol. The normalized spacial score (nSPS) is 10.3. The van der Waals surface area contributed by atoms with Gasteiger partial charge in [-0.25, -0.2) is 0 Å². The lowest BCUT2D eigenvalue weighted by Crippen LogP contribution is -2.30. The van der Waals surface area contributed by atoms with Crippen molar-refractivity contribution in [2.45, 2.75) is 12.7 Å². The first-order valence-corrected chi connectivity index (χ1v) is 9.37. The average molecular weight is 394 g/mol. The highest BCUT2D eigenvalue weighted by atomic mass is 79.9. The molecule has 1 N–H and O–H groups in total. The molecule has 2 aromatic rings. The Balaban J connectivity index is 1.58. The first kappa shape index (κ1) is 17.9. The van der Waals surface area contributed by atoms with Gasteiger partial charge in [0.2, 0.25) is 0 Å². The molecule has 0 atom stereocenters. The maximum atomic E-state index is 11.7. The van der Waals surface area contributed by atoms with Crippen molar-refractivity contribution in [2.75, 3.05) is 18.9 Å². The van der Waals surface area contributed by atoms with Crippen molar-refractivity contribution >= 4 is 33.6 Å². The summed E-state index contributed by atoms with van der Waals surface area (Å²) in [6.07, 6.45) is 0. The second-order valence-corrected chi connectivity index (χ2v) is 7.09. The zero-order valence-corrected chi connectivity index (χ0v) is 15.5. The fraction of sp³-hybridized carbons (Fsp3) is 0.278. The molecule has 0 spiro atoms. The van der Waals surface area contributed by atoms with Crippen LogP contribution in [0, 0.1) is 6.92 Å². The lowest BCUT2D eigenvalue weighted by molar-refractivity contribution is -0.122. The number of benzene rings is 2. The van der Waals surface area contributed by atoms with Gasteiger partial charge in [-0.1, -0.05) is 40.2 Å². The van der Waals surface area contributed by atoms with Crippen LogP contribution in [0.3, 0.4) is 0 Å². The molecule has 5 heteroatoms. The third-order valence-electron chi connectivity index (χ3n) is 3.27. The SMILES string of the molecule is Cc1ccccc1CSCCNC(=O)COc1ccc(Br)cc1.